The number of hydrogen-bond donors (Lipinski definition) is 7. The Bertz CT molecular complexity index is 760. The van der Waals surface area contributed by atoms with E-state index in [1.807, 2.05) is 0 Å². The molecule has 2 aliphatic heterocycles. The molecule has 3 rings (SSSR count). The number of nitro groups is 1. The number of nitrogens with zero attached hydrogens (tertiary/aromatic N) is 1. The Hall–Kier alpha value is -1.98. The van der Waals surface area contributed by atoms with Crippen molar-refractivity contribution in [3.63, 3.8) is 0 Å². The Morgan fingerprint density at radius 3 is 1.94 bits per heavy atom. The molecule has 7 N–H and O–H groups in total. The summed E-state index contributed by atoms with van der Waals surface area (Å²) in [4.78, 5) is 10.1. The lowest BCUT2D eigenvalue weighted by atomic mass is 9.97. The van der Waals surface area contributed by atoms with Crippen LogP contribution in [0.5, 0.6) is 5.75 Å². The summed E-state index contributed by atoms with van der Waals surface area (Å²) in [5, 5.41) is 80.4. The first-order valence-corrected chi connectivity index (χ1v) is 9.67. The van der Waals surface area contributed by atoms with Crippen LogP contribution in [0.2, 0.25) is 0 Å². The van der Waals surface area contributed by atoms with Gasteiger partial charge in [0.2, 0.25) is 6.29 Å². The van der Waals surface area contributed by atoms with Crippen molar-refractivity contribution in [3.05, 3.63) is 34.4 Å². The molecule has 0 unspecified atom stereocenters. The summed E-state index contributed by atoms with van der Waals surface area (Å²) in [5.74, 6) is 0.0804. The minimum Gasteiger partial charge on any atom is -0.462 e. The average molecular weight is 463 g/mol. The molecule has 180 valence electrons. The monoisotopic (exact) mass is 463 g/mol. The molecule has 0 bridgehead atoms. The fourth-order valence-corrected chi connectivity index (χ4v) is 3.43. The predicted molar refractivity (Wildman–Crippen MR) is 100 cm³/mol. The van der Waals surface area contributed by atoms with Gasteiger partial charge in [-0.05, 0) is 12.1 Å². The molecule has 0 amide bonds. The Labute approximate surface area is 180 Å². The molecule has 1 aromatic rings. The molecule has 2 heterocycles. The van der Waals surface area contributed by atoms with E-state index >= 15 is 0 Å². The maximum absolute atomic E-state index is 10.7. The highest BCUT2D eigenvalue weighted by molar-refractivity contribution is 5.36. The van der Waals surface area contributed by atoms with Crippen molar-refractivity contribution in [2.45, 2.75) is 61.4 Å². The molecule has 32 heavy (non-hydrogen) atoms. The van der Waals surface area contributed by atoms with Crippen molar-refractivity contribution in [1.82, 2.24) is 0 Å². The van der Waals surface area contributed by atoms with E-state index in [-0.39, 0.29) is 11.4 Å². The first-order chi connectivity index (χ1) is 15.2. The third kappa shape index (κ3) is 4.99. The van der Waals surface area contributed by atoms with Crippen LogP contribution in [0.25, 0.3) is 0 Å². The standard InChI is InChI=1S/C18H25NO13/c20-5-9-11(22)12(23)14(25)18(30-9)32-16-10(6-21)31-17(15(26)13(16)24)29-8-3-1-7(2-4-8)19(27)28/h1-4,9-18,20-26H,5-6H2/t9-,10-,11-,12-,13+,14-,15-,16-,17-,18-/m1/s1. The molecule has 0 saturated carbocycles. The van der Waals surface area contributed by atoms with Gasteiger partial charge in [0.1, 0.15) is 54.6 Å². The van der Waals surface area contributed by atoms with Crippen molar-refractivity contribution < 1.29 is 59.6 Å². The first kappa shape index (κ1) is 24.7. The normalized spacial score (nSPS) is 40.1. The van der Waals surface area contributed by atoms with Gasteiger partial charge in [0, 0.05) is 12.1 Å². The molecule has 2 aliphatic rings. The zero-order valence-corrected chi connectivity index (χ0v) is 16.5. The fraction of sp³-hybridized carbons (Fsp3) is 0.667. The topological polar surface area (TPSA) is 222 Å². The third-order valence-electron chi connectivity index (χ3n) is 5.26. The van der Waals surface area contributed by atoms with Crippen LogP contribution in [-0.2, 0) is 14.2 Å². The fourth-order valence-electron chi connectivity index (χ4n) is 3.43. The molecule has 14 heteroatoms. The number of aliphatic hydroxyl groups is 7. The van der Waals surface area contributed by atoms with E-state index in [1.165, 1.54) is 12.1 Å². The molecule has 10 atom stereocenters. The van der Waals surface area contributed by atoms with Crippen LogP contribution in [0.4, 0.5) is 5.69 Å². The van der Waals surface area contributed by atoms with Crippen LogP contribution in [-0.4, -0.2) is 115 Å². The highest BCUT2D eigenvalue weighted by atomic mass is 16.7. The van der Waals surface area contributed by atoms with E-state index in [0.717, 1.165) is 12.1 Å². The smallest absolute Gasteiger partial charge is 0.269 e. The quantitative estimate of drug-likeness (QED) is 0.155. The van der Waals surface area contributed by atoms with Gasteiger partial charge in [-0.1, -0.05) is 0 Å². The summed E-state index contributed by atoms with van der Waals surface area (Å²) >= 11 is 0. The maximum Gasteiger partial charge on any atom is 0.269 e. The number of nitro benzene ring substituents is 1. The van der Waals surface area contributed by atoms with E-state index < -0.39 is 79.5 Å². The largest absolute Gasteiger partial charge is 0.462 e. The van der Waals surface area contributed by atoms with Crippen molar-refractivity contribution >= 4 is 5.69 Å². The minimum absolute atomic E-state index is 0.0804. The molecule has 1 aromatic carbocycles. The maximum atomic E-state index is 10.7. The molecule has 0 spiro atoms. The number of aliphatic hydroxyl groups excluding tert-OH is 7. The lowest BCUT2D eigenvalue weighted by Gasteiger charge is -2.45. The van der Waals surface area contributed by atoms with Crippen molar-refractivity contribution in [2.75, 3.05) is 13.2 Å². The first-order valence-electron chi connectivity index (χ1n) is 9.67. The van der Waals surface area contributed by atoms with Crippen LogP contribution < -0.4 is 4.74 Å². The van der Waals surface area contributed by atoms with Gasteiger partial charge in [0.05, 0.1) is 18.1 Å². The van der Waals surface area contributed by atoms with E-state index in [2.05, 4.69) is 0 Å². The molecule has 0 radical (unpaired) electrons. The van der Waals surface area contributed by atoms with Crippen molar-refractivity contribution in [1.29, 1.82) is 0 Å². The van der Waals surface area contributed by atoms with Crippen LogP contribution in [0.1, 0.15) is 0 Å². The molecule has 0 aromatic heterocycles. The van der Waals surface area contributed by atoms with Gasteiger partial charge in [-0.3, -0.25) is 10.1 Å². The van der Waals surface area contributed by atoms with Gasteiger partial charge in [-0.25, -0.2) is 0 Å². The highest BCUT2D eigenvalue weighted by Gasteiger charge is 2.51. The molecule has 14 nitrogen and oxygen atoms in total. The summed E-state index contributed by atoms with van der Waals surface area (Å²) in [6, 6.07) is 4.83. The molecule has 2 saturated heterocycles. The highest BCUT2D eigenvalue weighted by Crippen LogP contribution is 2.30. The summed E-state index contributed by atoms with van der Waals surface area (Å²) in [6.45, 7) is -1.42. The van der Waals surface area contributed by atoms with Gasteiger partial charge >= 0.3 is 0 Å². The van der Waals surface area contributed by atoms with E-state index in [1.54, 1.807) is 0 Å². The lowest BCUT2D eigenvalue weighted by Crippen LogP contribution is -2.65. The zero-order valence-electron chi connectivity index (χ0n) is 16.5. The van der Waals surface area contributed by atoms with E-state index in [9.17, 15) is 45.9 Å². The van der Waals surface area contributed by atoms with Crippen LogP contribution in [0.15, 0.2) is 24.3 Å². The second kappa shape index (κ2) is 10.3. The summed E-state index contributed by atoms with van der Waals surface area (Å²) < 4.78 is 21.5. The van der Waals surface area contributed by atoms with Gasteiger partial charge in [-0.2, -0.15) is 0 Å². The predicted octanol–water partition coefficient (Wildman–Crippen LogP) is -3.40. The van der Waals surface area contributed by atoms with Crippen LogP contribution >= 0.6 is 0 Å². The van der Waals surface area contributed by atoms with Crippen molar-refractivity contribution in [3.8, 4) is 5.75 Å². The number of rotatable bonds is 7. The Balaban J connectivity index is 1.70. The summed E-state index contributed by atoms with van der Waals surface area (Å²) in [5.41, 5.74) is -0.191. The SMILES string of the molecule is O=[N+]([O-])c1ccc(O[C@@H]2O[C@H](CO)[C@@H](O[C@H]3O[C@H](CO)[C@@H](O)[C@@H](O)[C@H]3O)[C@@H](O)[C@H]2O)cc1. The lowest BCUT2D eigenvalue weighted by molar-refractivity contribution is -0.384. The number of hydrogen-bond acceptors (Lipinski definition) is 13. The molecule has 2 fully saturated rings. The number of benzene rings is 1. The average Bonchev–Trinajstić information content (AvgIpc) is 2.79. The van der Waals surface area contributed by atoms with Crippen LogP contribution in [0, 0.1) is 10.1 Å². The van der Waals surface area contributed by atoms with Gasteiger partial charge in [0.25, 0.3) is 5.69 Å². The number of non-ortho nitro benzene ring substituents is 1. The molecular formula is C18H25NO13. The Morgan fingerprint density at radius 2 is 1.38 bits per heavy atom. The summed E-state index contributed by atoms with van der Waals surface area (Å²) in [7, 11) is 0. The van der Waals surface area contributed by atoms with Gasteiger partial charge in [0.15, 0.2) is 6.29 Å². The second-order valence-electron chi connectivity index (χ2n) is 7.37. The Kier molecular flexibility index (Phi) is 7.94. The van der Waals surface area contributed by atoms with E-state index in [0.29, 0.717) is 0 Å². The zero-order chi connectivity index (χ0) is 23.6. The minimum atomic E-state index is -1.77. The summed E-state index contributed by atoms with van der Waals surface area (Å²) in [6.07, 6.45) is -15.7. The second-order valence-corrected chi connectivity index (χ2v) is 7.37. The molecular weight excluding hydrogens is 438 g/mol. The number of ether oxygens (including phenoxy) is 4. The molecule has 0 aliphatic carbocycles. The third-order valence-corrected chi connectivity index (χ3v) is 5.26. The van der Waals surface area contributed by atoms with E-state index in [4.69, 9.17) is 18.9 Å². The van der Waals surface area contributed by atoms with Gasteiger partial charge < -0.3 is 54.7 Å². The van der Waals surface area contributed by atoms with Crippen LogP contribution in [0.3, 0.4) is 0 Å². The van der Waals surface area contributed by atoms with Crippen molar-refractivity contribution in [2.24, 2.45) is 0 Å². The van der Waals surface area contributed by atoms with Gasteiger partial charge in [-0.15, -0.1) is 0 Å². The Morgan fingerprint density at radius 1 is 0.812 bits per heavy atom.